The lowest BCUT2D eigenvalue weighted by molar-refractivity contribution is 0.104. The van der Waals surface area contributed by atoms with Crippen molar-refractivity contribution in [2.45, 2.75) is 25.5 Å². The molecule has 0 aliphatic rings. The van der Waals surface area contributed by atoms with Crippen molar-refractivity contribution in [3.05, 3.63) is 29.6 Å². The van der Waals surface area contributed by atoms with E-state index in [1.807, 2.05) is 6.92 Å². The minimum Gasteiger partial charge on any atom is -0.494 e. The molecule has 0 aromatic heterocycles. The van der Waals surface area contributed by atoms with Gasteiger partial charge in [-0.3, -0.25) is 0 Å². The minimum absolute atomic E-state index is 0.0557. The molecule has 0 spiro atoms. The summed E-state index contributed by atoms with van der Waals surface area (Å²) in [6.45, 7) is 1.93. The molecule has 1 rings (SSSR count). The summed E-state index contributed by atoms with van der Waals surface area (Å²) in [6.07, 6.45) is 0.711. The largest absolute Gasteiger partial charge is 0.494 e. The highest BCUT2D eigenvalue weighted by Gasteiger charge is 2.12. The van der Waals surface area contributed by atoms with E-state index in [-0.39, 0.29) is 23.7 Å². The number of hydrogen-bond acceptors (Lipinski definition) is 3. The Balaban J connectivity index is 2.76. The smallest absolute Gasteiger partial charge is 0.165 e. The molecular weight excluding hydrogens is 209 g/mol. The Kier molecular flexibility index (Phi) is 4.71. The Morgan fingerprint density at radius 2 is 2.06 bits per heavy atom. The van der Waals surface area contributed by atoms with Gasteiger partial charge >= 0.3 is 0 Å². The maximum atomic E-state index is 13.4. The Bertz CT molecular complexity index is 344. The second-order valence-electron chi connectivity index (χ2n) is 3.78. The molecular formula is C12H18FNO2. The molecule has 0 saturated heterocycles. The Morgan fingerprint density at radius 1 is 1.38 bits per heavy atom. The molecule has 0 heterocycles. The number of halogens is 1. The molecule has 0 saturated carbocycles. The molecule has 0 bridgehead atoms. The lowest BCUT2D eigenvalue weighted by Crippen LogP contribution is -2.18. The van der Waals surface area contributed by atoms with Crippen LogP contribution in [-0.4, -0.2) is 20.3 Å². The number of ether oxygens (including phenoxy) is 2. The summed E-state index contributed by atoms with van der Waals surface area (Å²) in [7, 11) is 3.07. The van der Waals surface area contributed by atoms with Crippen LogP contribution in [0, 0.1) is 5.82 Å². The van der Waals surface area contributed by atoms with Gasteiger partial charge in [0.2, 0.25) is 0 Å². The Hall–Kier alpha value is -1.13. The van der Waals surface area contributed by atoms with E-state index < -0.39 is 0 Å². The van der Waals surface area contributed by atoms with Crippen LogP contribution < -0.4 is 10.5 Å². The summed E-state index contributed by atoms with van der Waals surface area (Å²) in [5.41, 5.74) is 6.70. The molecule has 0 amide bonds. The lowest BCUT2D eigenvalue weighted by Gasteiger charge is -2.17. The second-order valence-corrected chi connectivity index (χ2v) is 3.78. The van der Waals surface area contributed by atoms with Gasteiger partial charge in [0.25, 0.3) is 0 Å². The van der Waals surface area contributed by atoms with Gasteiger partial charge in [-0.05, 0) is 31.0 Å². The average molecular weight is 227 g/mol. The molecule has 0 fully saturated rings. The van der Waals surface area contributed by atoms with E-state index in [4.69, 9.17) is 15.2 Å². The fourth-order valence-electron chi connectivity index (χ4n) is 1.50. The molecule has 4 heteroatoms. The van der Waals surface area contributed by atoms with Gasteiger partial charge in [0.1, 0.15) is 0 Å². The maximum Gasteiger partial charge on any atom is 0.165 e. The molecule has 0 aliphatic carbocycles. The Morgan fingerprint density at radius 3 is 2.56 bits per heavy atom. The predicted octanol–water partition coefficient (Wildman–Crippen LogP) is 2.26. The molecule has 0 aliphatic heterocycles. The van der Waals surface area contributed by atoms with Crippen LogP contribution in [0.1, 0.15) is 24.9 Å². The van der Waals surface area contributed by atoms with Crippen molar-refractivity contribution in [1.82, 2.24) is 0 Å². The van der Waals surface area contributed by atoms with Crippen LogP contribution in [0.2, 0.25) is 0 Å². The first-order valence-corrected chi connectivity index (χ1v) is 5.20. The average Bonchev–Trinajstić information content (AvgIpc) is 2.28. The quantitative estimate of drug-likeness (QED) is 0.839. The maximum absolute atomic E-state index is 13.4. The van der Waals surface area contributed by atoms with Crippen molar-refractivity contribution in [1.29, 1.82) is 0 Å². The third-order valence-corrected chi connectivity index (χ3v) is 2.59. The van der Waals surface area contributed by atoms with Crippen LogP contribution in [0.4, 0.5) is 4.39 Å². The van der Waals surface area contributed by atoms with Crippen molar-refractivity contribution in [3.8, 4) is 5.75 Å². The van der Waals surface area contributed by atoms with E-state index in [0.717, 1.165) is 5.56 Å². The molecule has 0 radical (unpaired) electrons. The van der Waals surface area contributed by atoms with Crippen LogP contribution in [0.3, 0.4) is 0 Å². The third-order valence-electron chi connectivity index (χ3n) is 2.59. The molecule has 2 N–H and O–H groups in total. The highest BCUT2D eigenvalue weighted by Crippen LogP contribution is 2.23. The Labute approximate surface area is 95.4 Å². The summed E-state index contributed by atoms with van der Waals surface area (Å²) in [4.78, 5) is 0. The van der Waals surface area contributed by atoms with E-state index in [2.05, 4.69) is 0 Å². The zero-order valence-electron chi connectivity index (χ0n) is 9.87. The van der Waals surface area contributed by atoms with Gasteiger partial charge in [-0.25, -0.2) is 4.39 Å². The van der Waals surface area contributed by atoms with E-state index in [1.54, 1.807) is 19.2 Å². The van der Waals surface area contributed by atoms with Gasteiger partial charge in [0.15, 0.2) is 11.6 Å². The van der Waals surface area contributed by atoms with Gasteiger partial charge in [0, 0.05) is 13.2 Å². The van der Waals surface area contributed by atoms with Crippen LogP contribution in [0.5, 0.6) is 5.75 Å². The van der Waals surface area contributed by atoms with Crippen LogP contribution in [-0.2, 0) is 4.74 Å². The van der Waals surface area contributed by atoms with Crippen molar-refractivity contribution in [2.24, 2.45) is 5.73 Å². The minimum atomic E-state index is -0.388. The topological polar surface area (TPSA) is 44.5 Å². The summed E-state index contributed by atoms with van der Waals surface area (Å²) < 4.78 is 23.4. The lowest BCUT2D eigenvalue weighted by atomic mass is 10.0. The van der Waals surface area contributed by atoms with Gasteiger partial charge in [-0.2, -0.15) is 0 Å². The summed E-state index contributed by atoms with van der Waals surface area (Å²) in [5.74, 6) is -0.156. The highest BCUT2D eigenvalue weighted by molar-refractivity contribution is 5.30. The summed E-state index contributed by atoms with van der Waals surface area (Å²) in [6, 6.07) is 4.54. The summed E-state index contributed by atoms with van der Waals surface area (Å²) >= 11 is 0. The predicted molar refractivity (Wildman–Crippen MR) is 61.0 cm³/mol. The molecule has 16 heavy (non-hydrogen) atoms. The number of methoxy groups -OCH3 is 2. The highest BCUT2D eigenvalue weighted by atomic mass is 19.1. The monoisotopic (exact) mass is 227 g/mol. The molecule has 90 valence electrons. The second kappa shape index (κ2) is 5.82. The zero-order chi connectivity index (χ0) is 12.1. The number of hydrogen-bond donors (Lipinski definition) is 1. The normalized spacial score (nSPS) is 14.6. The molecule has 3 nitrogen and oxygen atoms in total. The standard InChI is InChI=1S/C12H18FNO2/c1-8(15-2)6-11(14)9-4-5-12(16-3)10(13)7-9/h4-5,7-8,11H,6,14H2,1-3H3. The SMILES string of the molecule is COc1ccc(C(N)CC(C)OC)cc1F. The van der Waals surface area contributed by atoms with Gasteiger partial charge in [-0.1, -0.05) is 6.07 Å². The molecule has 2 unspecified atom stereocenters. The van der Waals surface area contributed by atoms with E-state index >= 15 is 0 Å². The molecule has 1 aromatic rings. The first-order valence-electron chi connectivity index (χ1n) is 5.20. The van der Waals surface area contributed by atoms with Crippen LogP contribution in [0.25, 0.3) is 0 Å². The van der Waals surface area contributed by atoms with Crippen LogP contribution >= 0.6 is 0 Å². The third kappa shape index (κ3) is 3.18. The number of rotatable bonds is 5. The van der Waals surface area contributed by atoms with Crippen LogP contribution in [0.15, 0.2) is 18.2 Å². The number of benzene rings is 1. The molecule has 1 aromatic carbocycles. The van der Waals surface area contributed by atoms with Gasteiger partial charge < -0.3 is 15.2 Å². The first-order chi connectivity index (χ1) is 7.58. The fourth-order valence-corrected chi connectivity index (χ4v) is 1.50. The summed E-state index contributed by atoms with van der Waals surface area (Å²) in [5, 5.41) is 0. The van der Waals surface area contributed by atoms with E-state index in [1.165, 1.54) is 13.2 Å². The number of nitrogens with two attached hydrogens (primary N) is 1. The van der Waals surface area contributed by atoms with E-state index in [0.29, 0.717) is 6.42 Å². The van der Waals surface area contributed by atoms with Gasteiger partial charge in [-0.15, -0.1) is 0 Å². The van der Waals surface area contributed by atoms with Crippen molar-refractivity contribution >= 4 is 0 Å². The van der Waals surface area contributed by atoms with E-state index in [9.17, 15) is 4.39 Å². The fraction of sp³-hybridized carbons (Fsp3) is 0.500. The first kappa shape index (κ1) is 12.9. The zero-order valence-corrected chi connectivity index (χ0v) is 9.87. The van der Waals surface area contributed by atoms with Crippen molar-refractivity contribution < 1.29 is 13.9 Å². The molecule has 2 atom stereocenters. The van der Waals surface area contributed by atoms with Crippen molar-refractivity contribution in [2.75, 3.05) is 14.2 Å². The van der Waals surface area contributed by atoms with Crippen molar-refractivity contribution in [3.63, 3.8) is 0 Å². The van der Waals surface area contributed by atoms with Gasteiger partial charge in [0.05, 0.1) is 13.2 Å².